The molecule has 5 heterocycles. The maximum absolute atomic E-state index is 13.8. The van der Waals surface area contributed by atoms with Gasteiger partial charge in [-0.2, -0.15) is 18.3 Å². The minimum absolute atomic E-state index is 0.0695. The minimum atomic E-state index is -4.58. The van der Waals surface area contributed by atoms with Crippen LogP contribution in [0.2, 0.25) is 0 Å². The molecular formula is C28H34F3N9OS. The number of rotatable bonds is 7. The number of likely N-dealkylation sites (tertiary alicyclic amines) is 1. The van der Waals surface area contributed by atoms with Crippen LogP contribution in [0.5, 0.6) is 0 Å². The molecule has 1 N–H and O–H groups in total. The number of fused-ring (bicyclic) bond motifs is 1. The van der Waals surface area contributed by atoms with Gasteiger partial charge in [0.15, 0.2) is 5.82 Å². The molecule has 10 nitrogen and oxygen atoms in total. The van der Waals surface area contributed by atoms with Crippen LogP contribution in [-0.2, 0) is 23.9 Å². The van der Waals surface area contributed by atoms with Gasteiger partial charge in [-0.05, 0) is 70.8 Å². The van der Waals surface area contributed by atoms with Crippen LogP contribution < -0.4 is 4.90 Å². The average molecular weight is 602 g/mol. The van der Waals surface area contributed by atoms with Gasteiger partial charge in [0.1, 0.15) is 28.9 Å². The van der Waals surface area contributed by atoms with Crippen molar-refractivity contribution in [3.8, 4) is 11.5 Å². The zero-order valence-electron chi connectivity index (χ0n) is 23.9. The highest BCUT2D eigenvalue weighted by molar-refractivity contribution is 7.16. The number of carbonyl (C=O) groups excluding carboxylic acids is 1. The summed E-state index contributed by atoms with van der Waals surface area (Å²) in [5.41, 5.74) is 2.80. The smallest absolute Gasteiger partial charge is 0.358 e. The number of alkyl halides is 3. The second-order valence-corrected chi connectivity index (χ2v) is 12.1. The van der Waals surface area contributed by atoms with Crippen LogP contribution >= 0.6 is 11.3 Å². The summed E-state index contributed by atoms with van der Waals surface area (Å²) in [6.07, 6.45) is -1.19. The Morgan fingerprint density at radius 1 is 1.10 bits per heavy atom. The largest absolute Gasteiger partial charge is 0.443 e. The van der Waals surface area contributed by atoms with Crippen molar-refractivity contribution < 1.29 is 18.0 Å². The first-order valence-corrected chi connectivity index (χ1v) is 15.1. The quantitative estimate of drug-likeness (QED) is 0.338. The summed E-state index contributed by atoms with van der Waals surface area (Å²) < 4.78 is 43.1. The molecule has 1 atom stereocenters. The Balaban J connectivity index is 1.22. The first-order chi connectivity index (χ1) is 20.0. The van der Waals surface area contributed by atoms with Crippen LogP contribution in [-0.4, -0.2) is 90.7 Å². The predicted octanol–water partition coefficient (Wildman–Crippen LogP) is 4.29. The number of halogens is 3. The summed E-state index contributed by atoms with van der Waals surface area (Å²) in [6.45, 7) is 9.90. The van der Waals surface area contributed by atoms with Crippen LogP contribution in [0.25, 0.3) is 22.6 Å². The van der Waals surface area contributed by atoms with E-state index in [1.807, 2.05) is 30.0 Å². The number of hydrogen-bond donors (Lipinski definition) is 1. The van der Waals surface area contributed by atoms with E-state index in [2.05, 4.69) is 29.9 Å². The Kier molecular flexibility index (Phi) is 7.68. The molecule has 0 bridgehead atoms. The van der Waals surface area contributed by atoms with E-state index in [1.165, 1.54) is 12.8 Å². The summed E-state index contributed by atoms with van der Waals surface area (Å²) in [6, 6.07) is 5.75. The number of hydrogen-bond acceptors (Lipinski definition) is 8. The molecule has 14 heteroatoms. The van der Waals surface area contributed by atoms with Crippen LogP contribution in [0.4, 0.5) is 18.2 Å². The second kappa shape index (κ2) is 11.3. The Morgan fingerprint density at radius 2 is 1.88 bits per heavy atom. The van der Waals surface area contributed by atoms with Gasteiger partial charge >= 0.3 is 6.18 Å². The van der Waals surface area contributed by atoms with Crippen LogP contribution in [0.1, 0.15) is 42.0 Å². The van der Waals surface area contributed by atoms with Crippen molar-refractivity contribution in [2.45, 2.75) is 58.8 Å². The molecule has 4 aromatic rings. The average Bonchev–Trinajstić information content (AvgIpc) is 3.73. The van der Waals surface area contributed by atoms with Gasteiger partial charge in [0.25, 0.3) is 0 Å². The SMILES string of the molecule is Cc1nc(C)n(CC(=O)N2CCN(c3sc(C(F)(F)F)nc3-c3nc4ccc(CCN5CCCC5)cc4[nH]3)CC2C)n1. The monoisotopic (exact) mass is 601 g/mol. The fourth-order valence-electron chi connectivity index (χ4n) is 5.86. The van der Waals surface area contributed by atoms with Crippen molar-refractivity contribution in [1.82, 2.24) is 39.5 Å². The number of nitrogens with one attached hydrogen (secondary N) is 1. The molecule has 1 aromatic carbocycles. The van der Waals surface area contributed by atoms with Crippen LogP contribution in [0.3, 0.4) is 0 Å². The van der Waals surface area contributed by atoms with E-state index in [0.717, 1.165) is 37.1 Å². The Morgan fingerprint density at radius 3 is 2.57 bits per heavy atom. The van der Waals surface area contributed by atoms with Gasteiger partial charge in [-0.3, -0.25) is 4.79 Å². The molecule has 0 radical (unpaired) electrons. The number of aryl methyl sites for hydroxylation is 2. The number of benzene rings is 1. The lowest BCUT2D eigenvalue weighted by Gasteiger charge is -2.40. The maximum Gasteiger partial charge on any atom is 0.443 e. The van der Waals surface area contributed by atoms with E-state index in [0.29, 0.717) is 59.0 Å². The number of nitrogens with zero attached hydrogens (tertiary/aromatic N) is 8. The lowest BCUT2D eigenvalue weighted by atomic mass is 10.1. The number of H-pyrrole nitrogens is 1. The van der Waals surface area contributed by atoms with Crippen molar-refractivity contribution in [3.05, 3.63) is 40.4 Å². The fourth-order valence-corrected chi connectivity index (χ4v) is 6.83. The van der Waals surface area contributed by atoms with Crippen molar-refractivity contribution >= 4 is 33.3 Å². The van der Waals surface area contributed by atoms with E-state index in [1.54, 1.807) is 23.4 Å². The molecule has 0 spiro atoms. The van der Waals surface area contributed by atoms with Gasteiger partial charge in [-0.1, -0.05) is 17.4 Å². The van der Waals surface area contributed by atoms with Gasteiger partial charge < -0.3 is 19.7 Å². The number of piperazine rings is 1. The van der Waals surface area contributed by atoms with Gasteiger partial charge in [-0.15, -0.1) is 0 Å². The number of thiazole rings is 1. The lowest BCUT2D eigenvalue weighted by Crippen LogP contribution is -2.54. The zero-order chi connectivity index (χ0) is 29.6. The van der Waals surface area contributed by atoms with Gasteiger partial charge in [0.05, 0.1) is 11.0 Å². The summed E-state index contributed by atoms with van der Waals surface area (Å²) in [5.74, 6) is 1.46. The molecular weight excluding hydrogens is 567 g/mol. The molecule has 6 rings (SSSR count). The summed E-state index contributed by atoms with van der Waals surface area (Å²) in [7, 11) is 0. The van der Waals surface area contributed by atoms with E-state index < -0.39 is 11.2 Å². The Labute approximate surface area is 245 Å². The number of aromatic nitrogens is 6. The fraction of sp³-hybridized carbons (Fsp3) is 0.536. The molecule has 3 aromatic heterocycles. The lowest BCUT2D eigenvalue weighted by molar-refractivity contribution is -0.137. The number of amides is 1. The highest BCUT2D eigenvalue weighted by Crippen LogP contribution is 2.42. The minimum Gasteiger partial charge on any atom is -0.358 e. The third-order valence-corrected chi connectivity index (χ3v) is 9.18. The molecule has 2 aliphatic rings. The maximum atomic E-state index is 13.8. The molecule has 0 saturated carbocycles. The van der Waals surface area contributed by atoms with Crippen molar-refractivity contribution in [1.29, 1.82) is 0 Å². The van der Waals surface area contributed by atoms with Crippen LogP contribution in [0, 0.1) is 13.8 Å². The molecule has 2 fully saturated rings. The van der Waals surface area contributed by atoms with E-state index in [4.69, 9.17) is 0 Å². The number of carbonyl (C=O) groups is 1. The van der Waals surface area contributed by atoms with Gasteiger partial charge in [0.2, 0.25) is 10.9 Å². The summed E-state index contributed by atoms with van der Waals surface area (Å²) >= 11 is 0.621. The van der Waals surface area contributed by atoms with Crippen molar-refractivity contribution in [2.24, 2.45) is 0 Å². The predicted molar refractivity (Wildman–Crippen MR) is 154 cm³/mol. The number of aromatic amines is 1. The Bertz CT molecular complexity index is 1590. The third kappa shape index (κ3) is 5.87. The number of imidazole rings is 1. The highest BCUT2D eigenvalue weighted by Gasteiger charge is 2.39. The first-order valence-electron chi connectivity index (χ1n) is 14.3. The molecule has 2 aliphatic heterocycles. The van der Waals surface area contributed by atoms with E-state index in [9.17, 15) is 18.0 Å². The molecule has 42 heavy (non-hydrogen) atoms. The second-order valence-electron chi connectivity index (χ2n) is 11.2. The molecule has 1 amide bonds. The topological polar surface area (TPSA) is 99.1 Å². The third-order valence-electron chi connectivity index (χ3n) is 8.02. The van der Waals surface area contributed by atoms with Gasteiger partial charge in [-0.25, -0.2) is 19.6 Å². The van der Waals surface area contributed by atoms with Gasteiger partial charge in [0, 0.05) is 32.2 Å². The molecule has 2 saturated heterocycles. The Hall–Kier alpha value is -3.52. The summed E-state index contributed by atoms with van der Waals surface area (Å²) in [5, 5.41) is 3.76. The van der Waals surface area contributed by atoms with Crippen LogP contribution in [0.15, 0.2) is 18.2 Å². The molecule has 1 unspecified atom stereocenters. The normalized spacial score (nSPS) is 18.5. The zero-order valence-corrected chi connectivity index (χ0v) is 24.7. The highest BCUT2D eigenvalue weighted by atomic mass is 32.1. The number of anilines is 1. The van der Waals surface area contributed by atoms with E-state index >= 15 is 0 Å². The first kappa shape index (κ1) is 28.6. The molecule has 224 valence electrons. The molecule has 0 aliphatic carbocycles. The van der Waals surface area contributed by atoms with E-state index in [-0.39, 0.29) is 24.2 Å². The summed E-state index contributed by atoms with van der Waals surface area (Å²) in [4.78, 5) is 35.3. The standard InChI is InChI=1S/C28H34F3N9OS/c1-17-15-38(12-13-39(17)23(41)16-40-19(3)32-18(2)36-40)26-24(35-27(42-26)28(29,30)31)25-33-21-7-6-20(14-22(21)34-25)8-11-37-9-4-5-10-37/h6-7,14,17H,4-5,8-13,15-16H2,1-3H3,(H,33,34). The van der Waals surface area contributed by atoms with Crippen molar-refractivity contribution in [3.63, 3.8) is 0 Å². The van der Waals surface area contributed by atoms with Crippen molar-refractivity contribution in [2.75, 3.05) is 44.2 Å².